The molecular formula is C30H37NO6. The minimum absolute atomic E-state index is 0.0404. The summed E-state index contributed by atoms with van der Waals surface area (Å²) in [4.78, 5) is 16.9. The van der Waals surface area contributed by atoms with Gasteiger partial charge in [-0.25, -0.2) is 9.78 Å². The third kappa shape index (κ3) is 6.45. The molecule has 0 saturated heterocycles. The number of hydrogen-bond donors (Lipinski definition) is 1. The van der Waals surface area contributed by atoms with E-state index in [1.807, 2.05) is 31.2 Å². The van der Waals surface area contributed by atoms with E-state index in [9.17, 15) is 9.90 Å². The summed E-state index contributed by atoms with van der Waals surface area (Å²) >= 11 is 0. The summed E-state index contributed by atoms with van der Waals surface area (Å²) in [7, 11) is 1.56. The van der Waals surface area contributed by atoms with Gasteiger partial charge in [-0.1, -0.05) is 44.4 Å². The molecule has 0 bridgehead atoms. The summed E-state index contributed by atoms with van der Waals surface area (Å²) < 4.78 is 23.1. The number of aryl methyl sites for hydroxylation is 1. The highest BCUT2D eigenvalue weighted by atomic mass is 16.5. The summed E-state index contributed by atoms with van der Waals surface area (Å²) in [6, 6.07) is 14.4. The van der Waals surface area contributed by atoms with Crippen LogP contribution in [0.25, 0.3) is 0 Å². The Balaban J connectivity index is 1.34. The van der Waals surface area contributed by atoms with Crippen LogP contribution in [0.1, 0.15) is 68.9 Å². The second-order valence-electron chi connectivity index (χ2n) is 10.4. The topological polar surface area (TPSA) is 91.0 Å². The number of carboxylic acids is 1. The minimum atomic E-state index is -1.44. The number of nitrogens with zero attached hydrogens (tertiary/aromatic N) is 1. The van der Waals surface area contributed by atoms with Crippen molar-refractivity contribution >= 4 is 5.97 Å². The van der Waals surface area contributed by atoms with Crippen LogP contribution in [-0.4, -0.2) is 35.4 Å². The molecule has 7 heteroatoms. The number of methoxy groups -OCH3 is 1. The highest BCUT2D eigenvalue weighted by Gasteiger charge is 2.36. The molecule has 1 fully saturated rings. The van der Waals surface area contributed by atoms with Crippen molar-refractivity contribution in [2.75, 3.05) is 13.7 Å². The van der Waals surface area contributed by atoms with Gasteiger partial charge >= 0.3 is 5.97 Å². The van der Waals surface area contributed by atoms with Crippen LogP contribution in [0.15, 0.2) is 52.9 Å². The molecule has 3 aromatic rings. The van der Waals surface area contributed by atoms with Crippen molar-refractivity contribution in [3.8, 4) is 17.2 Å². The maximum absolute atomic E-state index is 12.1. The molecule has 2 aromatic carbocycles. The second kappa shape index (κ2) is 11.3. The number of hydrogen-bond acceptors (Lipinski definition) is 6. The molecule has 0 radical (unpaired) electrons. The van der Waals surface area contributed by atoms with Crippen molar-refractivity contribution in [1.82, 2.24) is 4.98 Å². The number of oxazole rings is 1. The zero-order valence-corrected chi connectivity index (χ0v) is 22.2. The van der Waals surface area contributed by atoms with Crippen LogP contribution in [0.5, 0.6) is 17.2 Å². The molecule has 1 N–H and O–H groups in total. The fourth-order valence-corrected chi connectivity index (χ4v) is 4.90. The van der Waals surface area contributed by atoms with Gasteiger partial charge in [0.25, 0.3) is 0 Å². The van der Waals surface area contributed by atoms with Crippen LogP contribution in [-0.2, 0) is 23.1 Å². The average molecular weight is 508 g/mol. The smallest absolute Gasteiger partial charge is 0.348 e. The monoisotopic (exact) mass is 507 g/mol. The number of carbonyl (C=O) groups is 1. The van der Waals surface area contributed by atoms with Gasteiger partial charge in [0.1, 0.15) is 23.0 Å². The molecule has 1 aliphatic rings. The van der Waals surface area contributed by atoms with Gasteiger partial charge in [-0.2, -0.15) is 0 Å². The van der Waals surface area contributed by atoms with Crippen LogP contribution >= 0.6 is 0 Å². The van der Waals surface area contributed by atoms with E-state index < -0.39 is 11.6 Å². The van der Waals surface area contributed by atoms with Gasteiger partial charge in [-0.05, 0) is 56.5 Å². The molecule has 1 unspecified atom stereocenters. The molecule has 1 heterocycles. The summed E-state index contributed by atoms with van der Waals surface area (Å²) in [5, 5.41) is 9.89. The average Bonchev–Trinajstić information content (AvgIpc) is 3.27. The van der Waals surface area contributed by atoms with Crippen LogP contribution < -0.4 is 14.2 Å². The lowest BCUT2D eigenvalue weighted by Crippen LogP contribution is -2.43. The molecule has 0 amide bonds. The predicted octanol–water partition coefficient (Wildman–Crippen LogP) is 6.30. The first-order valence-corrected chi connectivity index (χ1v) is 13.0. The number of aliphatic carboxylic acids is 1. The van der Waals surface area contributed by atoms with Gasteiger partial charge in [-0.3, -0.25) is 0 Å². The number of rotatable bonds is 11. The lowest BCUT2D eigenvalue weighted by molar-refractivity contribution is -0.153. The first-order valence-electron chi connectivity index (χ1n) is 13.0. The quantitative estimate of drug-likeness (QED) is 0.326. The molecule has 7 nitrogen and oxygen atoms in total. The van der Waals surface area contributed by atoms with E-state index in [0.29, 0.717) is 24.5 Å². The van der Waals surface area contributed by atoms with Gasteiger partial charge in [0.05, 0.1) is 19.4 Å². The molecule has 1 aliphatic carbocycles. The van der Waals surface area contributed by atoms with E-state index in [0.717, 1.165) is 41.5 Å². The van der Waals surface area contributed by atoms with E-state index in [1.165, 1.54) is 19.3 Å². The summed E-state index contributed by atoms with van der Waals surface area (Å²) in [6.45, 7) is 6.28. The lowest BCUT2D eigenvalue weighted by Gasteiger charge is -2.30. The van der Waals surface area contributed by atoms with E-state index >= 15 is 0 Å². The third-order valence-electron chi connectivity index (χ3n) is 7.28. The van der Waals surface area contributed by atoms with E-state index in [1.54, 1.807) is 38.3 Å². The molecule has 1 saturated carbocycles. The predicted molar refractivity (Wildman–Crippen MR) is 141 cm³/mol. The Morgan fingerprint density at radius 1 is 1.08 bits per heavy atom. The van der Waals surface area contributed by atoms with Crippen molar-refractivity contribution in [2.24, 2.45) is 0 Å². The maximum atomic E-state index is 12.1. The van der Waals surface area contributed by atoms with Crippen molar-refractivity contribution in [2.45, 2.75) is 76.7 Å². The zero-order valence-electron chi connectivity index (χ0n) is 22.2. The third-order valence-corrected chi connectivity index (χ3v) is 7.28. The van der Waals surface area contributed by atoms with E-state index in [2.05, 4.69) is 6.92 Å². The van der Waals surface area contributed by atoms with Crippen LogP contribution in [0.2, 0.25) is 0 Å². The normalized spacial score (nSPS) is 16.5. The second-order valence-corrected chi connectivity index (χ2v) is 10.4. The zero-order chi connectivity index (χ0) is 26.5. The number of ether oxygens (including phenoxy) is 3. The largest absolute Gasteiger partial charge is 0.497 e. The first kappa shape index (κ1) is 26.6. The molecule has 198 valence electrons. The Kier molecular flexibility index (Phi) is 8.10. The van der Waals surface area contributed by atoms with Crippen LogP contribution in [0.3, 0.4) is 0 Å². The van der Waals surface area contributed by atoms with Gasteiger partial charge in [-0.15, -0.1) is 0 Å². The number of aromatic nitrogens is 1. The van der Waals surface area contributed by atoms with Crippen molar-refractivity contribution in [3.05, 3.63) is 71.4 Å². The molecule has 0 aliphatic heterocycles. The van der Waals surface area contributed by atoms with Crippen LogP contribution in [0.4, 0.5) is 0 Å². The SMILES string of the molecule is COc1cccc(OC(C)(Cc2ccc(OCCc3nc(C4(C)CCCCC4)oc3C)cc2)C(=O)O)c1. The standard InChI is InChI=1S/C30H37NO6/c1-21-26(31-27(36-21)29(2)16-6-5-7-17-29)15-18-35-23-13-11-22(12-14-23)20-30(3,28(32)33)37-25-10-8-9-24(19-25)34-4/h8-14,19H,5-7,15-18,20H2,1-4H3,(H,32,33). The highest BCUT2D eigenvalue weighted by molar-refractivity contribution is 5.78. The molecule has 0 spiro atoms. The van der Waals surface area contributed by atoms with Crippen molar-refractivity contribution in [1.29, 1.82) is 0 Å². The van der Waals surface area contributed by atoms with Crippen molar-refractivity contribution in [3.63, 3.8) is 0 Å². The Morgan fingerprint density at radius 3 is 2.46 bits per heavy atom. The minimum Gasteiger partial charge on any atom is -0.497 e. The fraction of sp³-hybridized carbons (Fsp3) is 0.467. The van der Waals surface area contributed by atoms with Crippen LogP contribution in [0, 0.1) is 6.92 Å². The number of carboxylic acid groups (broad SMARTS) is 1. The van der Waals surface area contributed by atoms with Gasteiger partial charge in [0.2, 0.25) is 11.5 Å². The Morgan fingerprint density at radius 2 is 1.78 bits per heavy atom. The molecule has 1 atom stereocenters. The molecule has 1 aromatic heterocycles. The summed E-state index contributed by atoms with van der Waals surface area (Å²) in [6.07, 6.45) is 6.86. The Labute approximate surface area is 218 Å². The van der Waals surface area contributed by atoms with E-state index in [4.69, 9.17) is 23.6 Å². The first-order chi connectivity index (χ1) is 17.7. The summed E-state index contributed by atoms with van der Waals surface area (Å²) in [5.41, 5.74) is 0.383. The highest BCUT2D eigenvalue weighted by Crippen LogP contribution is 2.39. The van der Waals surface area contributed by atoms with Crippen molar-refractivity contribution < 1.29 is 28.5 Å². The number of benzene rings is 2. The van der Waals surface area contributed by atoms with Gasteiger partial charge < -0.3 is 23.7 Å². The van der Waals surface area contributed by atoms with E-state index in [-0.39, 0.29) is 11.8 Å². The molecule has 37 heavy (non-hydrogen) atoms. The molecule has 4 rings (SSSR count). The maximum Gasteiger partial charge on any atom is 0.348 e. The lowest BCUT2D eigenvalue weighted by atomic mass is 9.76. The van der Waals surface area contributed by atoms with Gasteiger partial charge in [0, 0.05) is 24.3 Å². The Hall–Kier alpha value is -3.48. The molecular weight excluding hydrogens is 470 g/mol. The van der Waals surface area contributed by atoms with Gasteiger partial charge in [0.15, 0.2) is 0 Å². The fourth-order valence-electron chi connectivity index (χ4n) is 4.90. The summed E-state index contributed by atoms with van der Waals surface area (Å²) in [5.74, 6) is 2.45. The Bertz CT molecular complexity index is 1200.